The molecule has 0 saturated heterocycles. The summed E-state index contributed by atoms with van der Waals surface area (Å²) in [6, 6.07) is 19.1. The maximum atomic E-state index is 12.5. The molecule has 0 radical (unpaired) electrons. The maximum absolute atomic E-state index is 12.5. The van der Waals surface area contributed by atoms with E-state index in [-0.39, 0.29) is 17.2 Å². The van der Waals surface area contributed by atoms with Crippen LogP contribution in [0.4, 0.5) is 5.69 Å². The number of pyridine rings is 1. The highest BCUT2D eigenvalue weighted by molar-refractivity contribution is 6.33. The molecule has 27 heavy (non-hydrogen) atoms. The van der Waals surface area contributed by atoms with Crippen molar-refractivity contribution in [1.29, 1.82) is 0 Å². The van der Waals surface area contributed by atoms with Gasteiger partial charge >= 0.3 is 0 Å². The third-order valence-corrected chi connectivity index (χ3v) is 4.33. The summed E-state index contributed by atoms with van der Waals surface area (Å²) < 4.78 is 0. The van der Waals surface area contributed by atoms with Crippen molar-refractivity contribution in [1.82, 2.24) is 10.3 Å². The number of fused-ring (bicyclic) bond motifs is 1. The Balaban J connectivity index is 1.49. The van der Waals surface area contributed by atoms with Crippen molar-refractivity contribution in [2.24, 2.45) is 0 Å². The molecule has 0 saturated carbocycles. The van der Waals surface area contributed by atoms with Gasteiger partial charge in [-0.05, 0) is 42.0 Å². The number of hydrogen-bond acceptors (Lipinski definition) is 4. The highest BCUT2D eigenvalue weighted by atomic mass is 16.2. The van der Waals surface area contributed by atoms with E-state index in [1.54, 1.807) is 36.4 Å². The molecule has 6 nitrogen and oxygen atoms in total. The molecule has 0 aliphatic carbocycles. The van der Waals surface area contributed by atoms with Gasteiger partial charge in [0.05, 0.1) is 11.3 Å². The summed E-state index contributed by atoms with van der Waals surface area (Å²) in [5, 5.41) is 2.84. The molecule has 1 aliphatic heterocycles. The molecule has 1 N–H and O–H groups in total. The number of nitrogens with one attached hydrogen (secondary N) is 1. The molecule has 1 aromatic heterocycles. The van der Waals surface area contributed by atoms with E-state index in [2.05, 4.69) is 10.3 Å². The Bertz CT molecular complexity index is 995. The molecule has 4 rings (SSSR count). The van der Waals surface area contributed by atoms with Crippen molar-refractivity contribution in [3.05, 3.63) is 95.3 Å². The summed E-state index contributed by atoms with van der Waals surface area (Å²) >= 11 is 0. The van der Waals surface area contributed by atoms with Gasteiger partial charge in [-0.1, -0.05) is 30.3 Å². The van der Waals surface area contributed by atoms with Crippen molar-refractivity contribution in [3.8, 4) is 0 Å². The molecule has 0 fully saturated rings. The minimum Gasteiger partial charge on any atom is -0.348 e. The third kappa shape index (κ3) is 3.08. The van der Waals surface area contributed by atoms with Crippen LogP contribution in [0.3, 0.4) is 0 Å². The number of carbonyl (C=O) groups excluding carboxylic acids is 3. The first kappa shape index (κ1) is 16.7. The standard InChI is InChI=1S/C21H15N3O3/c25-19(23-13-14-5-2-1-3-6-14)15-8-10-16(11-9-15)24-20(26)17-7-4-12-22-18(17)21(24)27/h1-12H,13H2,(H,23,25). The molecule has 1 aliphatic rings. The fourth-order valence-corrected chi connectivity index (χ4v) is 2.94. The largest absolute Gasteiger partial charge is 0.348 e. The predicted octanol–water partition coefficient (Wildman–Crippen LogP) is 2.81. The first-order valence-electron chi connectivity index (χ1n) is 8.41. The molecular weight excluding hydrogens is 342 g/mol. The summed E-state index contributed by atoms with van der Waals surface area (Å²) in [4.78, 5) is 42.3. The van der Waals surface area contributed by atoms with E-state index >= 15 is 0 Å². The summed E-state index contributed by atoms with van der Waals surface area (Å²) in [5.41, 5.74) is 2.28. The van der Waals surface area contributed by atoms with Crippen LogP contribution in [0.2, 0.25) is 0 Å². The lowest BCUT2D eigenvalue weighted by atomic mass is 10.1. The van der Waals surface area contributed by atoms with Crippen LogP contribution in [0, 0.1) is 0 Å². The van der Waals surface area contributed by atoms with Crippen LogP contribution in [-0.2, 0) is 6.54 Å². The minimum atomic E-state index is -0.461. The van der Waals surface area contributed by atoms with Gasteiger partial charge in [0.15, 0.2) is 0 Å². The molecule has 0 spiro atoms. The van der Waals surface area contributed by atoms with Gasteiger partial charge in [0.25, 0.3) is 17.7 Å². The monoisotopic (exact) mass is 357 g/mol. The predicted molar refractivity (Wildman–Crippen MR) is 99.4 cm³/mol. The van der Waals surface area contributed by atoms with E-state index in [0.29, 0.717) is 17.8 Å². The van der Waals surface area contributed by atoms with Crippen LogP contribution in [0.25, 0.3) is 0 Å². The minimum absolute atomic E-state index is 0.146. The van der Waals surface area contributed by atoms with Gasteiger partial charge in [-0.25, -0.2) is 4.90 Å². The maximum Gasteiger partial charge on any atom is 0.284 e. The Kier molecular flexibility index (Phi) is 4.22. The quantitative estimate of drug-likeness (QED) is 0.728. The van der Waals surface area contributed by atoms with Crippen LogP contribution in [0.15, 0.2) is 72.9 Å². The van der Waals surface area contributed by atoms with E-state index in [4.69, 9.17) is 0 Å². The molecule has 6 heteroatoms. The van der Waals surface area contributed by atoms with Crippen LogP contribution < -0.4 is 10.2 Å². The van der Waals surface area contributed by atoms with E-state index < -0.39 is 11.8 Å². The second-order valence-corrected chi connectivity index (χ2v) is 6.06. The SMILES string of the molecule is O=C(NCc1ccccc1)c1ccc(N2C(=O)c3cccnc3C2=O)cc1. The van der Waals surface area contributed by atoms with Crippen LogP contribution in [0.5, 0.6) is 0 Å². The van der Waals surface area contributed by atoms with Gasteiger partial charge in [-0.15, -0.1) is 0 Å². The summed E-state index contributed by atoms with van der Waals surface area (Å²) in [6.07, 6.45) is 1.48. The van der Waals surface area contributed by atoms with E-state index in [1.807, 2.05) is 30.3 Å². The van der Waals surface area contributed by atoms with Crippen LogP contribution in [-0.4, -0.2) is 22.7 Å². The second kappa shape index (κ2) is 6.84. The van der Waals surface area contributed by atoms with Gasteiger partial charge in [0.1, 0.15) is 5.69 Å². The molecule has 0 atom stereocenters. The van der Waals surface area contributed by atoms with E-state index in [0.717, 1.165) is 10.5 Å². The fraction of sp³-hybridized carbons (Fsp3) is 0.0476. The highest BCUT2D eigenvalue weighted by Crippen LogP contribution is 2.27. The van der Waals surface area contributed by atoms with Crippen molar-refractivity contribution < 1.29 is 14.4 Å². The first-order valence-corrected chi connectivity index (χ1v) is 8.41. The lowest BCUT2D eigenvalue weighted by molar-refractivity contribution is 0.0921. The second-order valence-electron chi connectivity index (χ2n) is 6.06. The first-order chi connectivity index (χ1) is 13.1. The summed E-state index contributed by atoms with van der Waals surface area (Å²) in [7, 11) is 0. The van der Waals surface area contributed by atoms with Gasteiger partial charge in [0.2, 0.25) is 0 Å². The number of benzene rings is 2. The number of rotatable bonds is 4. The average molecular weight is 357 g/mol. The number of anilines is 1. The van der Waals surface area contributed by atoms with E-state index in [1.165, 1.54) is 6.20 Å². The van der Waals surface area contributed by atoms with Crippen molar-refractivity contribution in [2.45, 2.75) is 6.54 Å². The number of imide groups is 1. The molecular formula is C21H15N3O3. The number of aromatic nitrogens is 1. The van der Waals surface area contributed by atoms with Gasteiger partial charge in [-0.3, -0.25) is 19.4 Å². The molecule has 2 heterocycles. The lowest BCUT2D eigenvalue weighted by Gasteiger charge is -2.14. The average Bonchev–Trinajstić information content (AvgIpc) is 2.98. The zero-order valence-corrected chi connectivity index (χ0v) is 14.3. The van der Waals surface area contributed by atoms with Crippen molar-refractivity contribution in [3.63, 3.8) is 0 Å². The molecule has 132 valence electrons. The smallest absolute Gasteiger partial charge is 0.284 e. The Morgan fingerprint density at radius 1 is 0.889 bits per heavy atom. The fourth-order valence-electron chi connectivity index (χ4n) is 2.94. The van der Waals surface area contributed by atoms with Crippen LogP contribution in [0.1, 0.15) is 36.8 Å². The van der Waals surface area contributed by atoms with Gasteiger partial charge < -0.3 is 5.32 Å². The lowest BCUT2D eigenvalue weighted by Crippen LogP contribution is -2.29. The number of hydrogen-bond donors (Lipinski definition) is 1. The third-order valence-electron chi connectivity index (χ3n) is 4.33. The zero-order valence-electron chi connectivity index (χ0n) is 14.3. The van der Waals surface area contributed by atoms with Gasteiger partial charge in [-0.2, -0.15) is 0 Å². The van der Waals surface area contributed by atoms with E-state index in [9.17, 15) is 14.4 Å². The molecule has 2 aromatic carbocycles. The Morgan fingerprint density at radius 2 is 1.63 bits per heavy atom. The normalized spacial score (nSPS) is 12.8. The molecule has 0 unspecified atom stereocenters. The topological polar surface area (TPSA) is 79.4 Å². The van der Waals surface area contributed by atoms with Crippen LogP contribution >= 0.6 is 0 Å². The highest BCUT2D eigenvalue weighted by Gasteiger charge is 2.37. The van der Waals surface area contributed by atoms with Crippen molar-refractivity contribution in [2.75, 3.05) is 4.90 Å². The number of nitrogens with zero attached hydrogens (tertiary/aromatic N) is 2. The number of carbonyl (C=O) groups is 3. The van der Waals surface area contributed by atoms with Gasteiger partial charge in [0, 0.05) is 18.3 Å². The Labute approximate surface area is 155 Å². The zero-order chi connectivity index (χ0) is 18.8. The van der Waals surface area contributed by atoms with Crippen molar-refractivity contribution >= 4 is 23.4 Å². The summed E-state index contributed by atoms with van der Waals surface area (Å²) in [5.74, 6) is -1.10. The molecule has 3 aromatic rings. The number of amides is 3. The Hall–Kier alpha value is -3.80. The summed E-state index contributed by atoms with van der Waals surface area (Å²) in [6.45, 7) is 0.422. The Morgan fingerprint density at radius 3 is 2.33 bits per heavy atom. The molecule has 3 amide bonds. The molecule has 0 bridgehead atoms.